The SMILES string of the molecule is CCCCC1(CC)CS(=O)(=O)c2ccc(N(C)C)cc2C(c2cccc(C(N)=O)c2)C1O. The zero-order valence-electron chi connectivity index (χ0n) is 19.3. The average Bonchev–Trinajstić information content (AvgIpc) is 2.83. The molecule has 174 valence electrons. The van der Waals surface area contributed by atoms with Gasteiger partial charge < -0.3 is 15.7 Å². The van der Waals surface area contributed by atoms with Gasteiger partial charge in [-0.05, 0) is 54.3 Å². The molecule has 0 saturated heterocycles. The summed E-state index contributed by atoms with van der Waals surface area (Å²) < 4.78 is 27.2. The van der Waals surface area contributed by atoms with Crippen molar-refractivity contribution in [2.45, 2.75) is 56.4 Å². The standard InChI is InChI=1S/C25H34N2O4S/c1-5-7-13-25(6-2)16-32(30,31)21-12-11-19(27(3)4)15-20(21)22(23(25)28)17-9-8-10-18(14-17)24(26)29/h8-12,14-15,22-23,28H,5-7,13,16H2,1-4H3,(H2,26,29). The van der Waals surface area contributed by atoms with Gasteiger partial charge in [0.25, 0.3) is 0 Å². The molecule has 6 nitrogen and oxygen atoms in total. The topological polar surface area (TPSA) is 101 Å². The minimum atomic E-state index is -3.64. The minimum Gasteiger partial charge on any atom is -0.392 e. The molecule has 7 heteroatoms. The molecule has 3 unspecified atom stereocenters. The summed E-state index contributed by atoms with van der Waals surface area (Å²) in [6.07, 6.45) is 1.95. The van der Waals surface area contributed by atoms with Crippen molar-refractivity contribution in [3.05, 3.63) is 59.2 Å². The van der Waals surface area contributed by atoms with Gasteiger partial charge in [-0.15, -0.1) is 0 Å². The third kappa shape index (κ3) is 4.41. The predicted molar refractivity (Wildman–Crippen MR) is 128 cm³/mol. The van der Waals surface area contributed by atoms with Crippen LogP contribution >= 0.6 is 0 Å². The fourth-order valence-corrected chi connectivity index (χ4v) is 7.14. The molecule has 3 N–H and O–H groups in total. The molecule has 1 heterocycles. The first-order valence-electron chi connectivity index (χ1n) is 11.2. The molecule has 0 saturated carbocycles. The number of carbonyl (C=O) groups is 1. The van der Waals surface area contributed by atoms with Crippen LogP contribution in [0.15, 0.2) is 47.4 Å². The summed E-state index contributed by atoms with van der Waals surface area (Å²) in [5, 5.41) is 11.9. The fraction of sp³-hybridized carbons (Fsp3) is 0.480. The maximum atomic E-state index is 13.6. The Labute approximate surface area is 191 Å². The van der Waals surface area contributed by atoms with Gasteiger partial charge >= 0.3 is 0 Å². The highest BCUT2D eigenvalue weighted by atomic mass is 32.2. The lowest BCUT2D eigenvalue weighted by molar-refractivity contribution is 0.0174. The number of nitrogens with two attached hydrogens (primary N) is 1. The summed E-state index contributed by atoms with van der Waals surface area (Å²) in [5.74, 6) is -1.26. The van der Waals surface area contributed by atoms with Crippen LogP contribution in [0.3, 0.4) is 0 Å². The Morgan fingerprint density at radius 3 is 2.50 bits per heavy atom. The Morgan fingerprint density at radius 1 is 1.19 bits per heavy atom. The van der Waals surface area contributed by atoms with Gasteiger partial charge in [-0.2, -0.15) is 0 Å². The van der Waals surface area contributed by atoms with Gasteiger partial charge in [-0.25, -0.2) is 8.42 Å². The van der Waals surface area contributed by atoms with Crippen molar-refractivity contribution in [1.82, 2.24) is 0 Å². The van der Waals surface area contributed by atoms with Crippen molar-refractivity contribution in [3.8, 4) is 0 Å². The second-order valence-corrected chi connectivity index (χ2v) is 11.1. The number of primary amides is 1. The molecule has 3 rings (SSSR count). The van der Waals surface area contributed by atoms with Crippen molar-refractivity contribution in [1.29, 1.82) is 0 Å². The molecular formula is C25H34N2O4S. The Hall–Kier alpha value is -2.38. The molecule has 0 aliphatic carbocycles. The molecule has 1 amide bonds. The van der Waals surface area contributed by atoms with E-state index in [9.17, 15) is 18.3 Å². The van der Waals surface area contributed by atoms with E-state index >= 15 is 0 Å². The highest BCUT2D eigenvalue weighted by Gasteiger charge is 2.49. The highest BCUT2D eigenvalue weighted by molar-refractivity contribution is 7.91. The van der Waals surface area contributed by atoms with E-state index in [-0.39, 0.29) is 10.6 Å². The van der Waals surface area contributed by atoms with Crippen LogP contribution in [-0.2, 0) is 9.84 Å². The van der Waals surface area contributed by atoms with Crippen LogP contribution in [0, 0.1) is 5.41 Å². The van der Waals surface area contributed by atoms with Gasteiger partial charge in [-0.3, -0.25) is 4.79 Å². The lowest BCUT2D eigenvalue weighted by Crippen LogP contribution is -2.42. The molecule has 3 atom stereocenters. The number of amides is 1. The lowest BCUT2D eigenvalue weighted by atomic mass is 9.69. The Kier molecular flexibility index (Phi) is 7.00. The second-order valence-electron chi connectivity index (χ2n) is 9.11. The van der Waals surface area contributed by atoms with Gasteiger partial charge in [0, 0.05) is 36.7 Å². The molecule has 0 radical (unpaired) electrons. The lowest BCUT2D eigenvalue weighted by Gasteiger charge is -2.39. The Balaban J connectivity index is 2.34. The van der Waals surface area contributed by atoms with E-state index in [4.69, 9.17) is 5.73 Å². The summed E-state index contributed by atoms with van der Waals surface area (Å²) in [6.45, 7) is 4.01. The number of carbonyl (C=O) groups excluding carboxylic acids is 1. The molecule has 32 heavy (non-hydrogen) atoms. The number of anilines is 1. The number of benzene rings is 2. The van der Waals surface area contributed by atoms with Crippen LogP contribution in [0.5, 0.6) is 0 Å². The molecule has 0 fully saturated rings. The van der Waals surface area contributed by atoms with Gasteiger partial charge in [0.15, 0.2) is 9.84 Å². The smallest absolute Gasteiger partial charge is 0.248 e. The number of fused-ring (bicyclic) bond motifs is 1. The quantitative estimate of drug-likeness (QED) is 0.659. The van der Waals surface area contributed by atoms with Crippen LogP contribution < -0.4 is 10.6 Å². The fourth-order valence-electron chi connectivity index (χ4n) is 4.89. The molecule has 1 aliphatic heterocycles. The first-order chi connectivity index (χ1) is 15.1. The molecule has 2 aromatic carbocycles. The summed E-state index contributed by atoms with van der Waals surface area (Å²) in [5.41, 5.74) is 7.17. The summed E-state index contributed by atoms with van der Waals surface area (Å²) >= 11 is 0. The third-order valence-corrected chi connectivity index (χ3v) is 8.86. The number of hydrogen-bond donors (Lipinski definition) is 2. The van der Waals surface area contributed by atoms with Crippen LogP contribution in [0.4, 0.5) is 5.69 Å². The van der Waals surface area contributed by atoms with Crippen molar-refractivity contribution < 1.29 is 18.3 Å². The Morgan fingerprint density at radius 2 is 1.91 bits per heavy atom. The summed E-state index contributed by atoms with van der Waals surface area (Å²) in [4.78, 5) is 14.0. The number of aliphatic hydroxyl groups excluding tert-OH is 1. The van der Waals surface area contributed by atoms with Gasteiger partial charge in [0.05, 0.1) is 16.8 Å². The average molecular weight is 459 g/mol. The zero-order chi connectivity index (χ0) is 23.7. The van der Waals surface area contributed by atoms with E-state index in [1.165, 1.54) is 0 Å². The van der Waals surface area contributed by atoms with E-state index in [0.29, 0.717) is 29.5 Å². The summed E-state index contributed by atoms with van der Waals surface area (Å²) in [7, 11) is 0.144. The minimum absolute atomic E-state index is 0.0992. The van der Waals surface area contributed by atoms with E-state index < -0.39 is 33.2 Å². The number of aliphatic hydroxyl groups is 1. The first-order valence-corrected chi connectivity index (χ1v) is 12.8. The second kappa shape index (κ2) is 9.24. The molecular weight excluding hydrogens is 424 g/mol. The number of hydrogen-bond acceptors (Lipinski definition) is 5. The normalized spacial score (nSPS) is 24.4. The van der Waals surface area contributed by atoms with Crippen molar-refractivity contribution in [2.75, 3.05) is 24.7 Å². The molecule has 0 bridgehead atoms. The maximum absolute atomic E-state index is 13.6. The molecule has 2 aromatic rings. The van der Waals surface area contributed by atoms with Gasteiger partial charge in [0.1, 0.15) is 0 Å². The monoisotopic (exact) mass is 458 g/mol. The maximum Gasteiger partial charge on any atom is 0.248 e. The third-order valence-electron chi connectivity index (χ3n) is 6.86. The van der Waals surface area contributed by atoms with E-state index in [0.717, 1.165) is 18.5 Å². The van der Waals surface area contributed by atoms with E-state index in [1.807, 2.05) is 38.1 Å². The van der Waals surface area contributed by atoms with E-state index in [2.05, 4.69) is 6.92 Å². The van der Waals surface area contributed by atoms with Crippen LogP contribution in [0.1, 0.15) is 66.9 Å². The van der Waals surface area contributed by atoms with Crippen molar-refractivity contribution >= 4 is 21.4 Å². The number of unbranched alkanes of at least 4 members (excludes halogenated alkanes) is 1. The van der Waals surface area contributed by atoms with Gasteiger partial charge in [0.2, 0.25) is 5.91 Å². The van der Waals surface area contributed by atoms with E-state index in [1.54, 1.807) is 30.3 Å². The van der Waals surface area contributed by atoms with Crippen molar-refractivity contribution in [2.24, 2.45) is 11.1 Å². The van der Waals surface area contributed by atoms with Crippen LogP contribution in [0.2, 0.25) is 0 Å². The number of rotatable bonds is 7. The molecule has 0 aromatic heterocycles. The zero-order valence-corrected chi connectivity index (χ0v) is 20.2. The number of sulfone groups is 1. The summed E-state index contributed by atoms with van der Waals surface area (Å²) in [6, 6.07) is 12.2. The van der Waals surface area contributed by atoms with Gasteiger partial charge in [-0.1, -0.05) is 38.8 Å². The predicted octanol–water partition coefficient (Wildman–Crippen LogP) is 3.72. The van der Waals surface area contributed by atoms with Crippen LogP contribution in [-0.4, -0.2) is 45.4 Å². The molecule has 0 spiro atoms. The Bertz CT molecular complexity index is 1100. The first kappa shape index (κ1) is 24.3. The largest absolute Gasteiger partial charge is 0.392 e. The highest BCUT2D eigenvalue weighted by Crippen LogP contribution is 2.49. The number of nitrogens with zero attached hydrogens (tertiary/aromatic N) is 1. The van der Waals surface area contributed by atoms with Crippen LogP contribution in [0.25, 0.3) is 0 Å². The van der Waals surface area contributed by atoms with Crippen molar-refractivity contribution in [3.63, 3.8) is 0 Å². The molecule has 1 aliphatic rings.